The molecule has 0 radical (unpaired) electrons. The molecule has 0 amide bonds. The maximum atomic E-state index is 5.25. The number of aromatic nitrogens is 4. The van der Waals surface area contributed by atoms with Gasteiger partial charge in [-0.2, -0.15) is 0 Å². The summed E-state index contributed by atoms with van der Waals surface area (Å²) in [5, 5.41) is 7.18. The van der Waals surface area contributed by atoms with Gasteiger partial charge in [0.2, 0.25) is 0 Å². The molecule has 0 aliphatic carbocycles. The Kier molecular flexibility index (Phi) is 6.78. The molecule has 0 saturated heterocycles. The predicted octanol–water partition coefficient (Wildman–Crippen LogP) is 11.9. The lowest BCUT2D eigenvalue weighted by Crippen LogP contribution is -2.04. The molecule has 0 fully saturated rings. The number of fused-ring (bicyclic) bond motifs is 6. The van der Waals surface area contributed by atoms with Crippen LogP contribution >= 0.6 is 0 Å². The highest BCUT2D eigenvalue weighted by Gasteiger charge is 2.21. The first kappa shape index (κ1) is 29.0. The van der Waals surface area contributed by atoms with Crippen LogP contribution in [0.3, 0.4) is 0 Å². The molecule has 2 aromatic heterocycles. The lowest BCUT2D eigenvalue weighted by atomic mass is 10.0. The maximum Gasteiger partial charge on any atom is 0.166 e. The molecular formula is C47H30N4. The Labute approximate surface area is 295 Å². The fourth-order valence-electron chi connectivity index (χ4n) is 7.38. The summed E-state index contributed by atoms with van der Waals surface area (Å²) in [5.41, 5.74) is 8.42. The molecule has 0 aliphatic heterocycles. The first-order valence-corrected chi connectivity index (χ1v) is 17.2. The highest BCUT2D eigenvalue weighted by Crippen LogP contribution is 2.40. The van der Waals surface area contributed by atoms with Crippen LogP contribution in [0.25, 0.3) is 94.3 Å². The molecule has 51 heavy (non-hydrogen) atoms. The molecule has 10 rings (SSSR count). The van der Waals surface area contributed by atoms with Crippen LogP contribution in [-0.2, 0) is 0 Å². The number of rotatable bonds is 5. The predicted molar refractivity (Wildman–Crippen MR) is 211 cm³/mol. The van der Waals surface area contributed by atoms with E-state index in [2.05, 4.69) is 162 Å². The van der Waals surface area contributed by atoms with Gasteiger partial charge in [0.15, 0.2) is 17.5 Å². The monoisotopic (exact) mass is 650 g/mol. The van der Waals surface area contributed by atoms with E-state index < -0.39 is 0 Å². The first-order chi connectivity index (χ1) is 25.3. The summed E-state index contributed by atoms with van der Waals surface area (Å²) >= 11 is 0. The van der Waals surface area contributed by atoms with Crippen LogP contribution in [0.5, 0.6) is 0 Å². The van der Waals surface area contributed by atoms with Gasteiger partial charge < -0.3 is 4.57 Å². The van der Waals surface area contributed by atoms with E-state index >= 15 is 0 Å². The number of hydrogen-bond donors (Lipinski definition) is 0. The molecule has 0 saturated carbocycles. The molecule has 0 N–H and O–H groups in total. The molecular weight excluding hydrogens is 621 g/mol. The van der Waals surface area contributed by atoms with Crippen molar-refractivity contribution in [3.63, 3.8) is 0 Å². The third-order valence-electron chi connectivity index (χ3n) is 9.83. The van der Waals surface area contributed by atoms with Crippen molar-refractivity contribution in [1.82, 2.24) is 19.5 Å². The Morgan fingerprint density at radius 3 is 1.57 bits per heavy atom. The van der Waals surface area contributed by atoms with Crippen molar-refractivity contribution in [1.29, 1.82) is 0 Å². The van der Waals surface area contributed by atoms with Crippen molar-refractivity contribution < 1.29 is 0 Å². The van der Waals surface area contributed by atoms with Gasteiger partial charge in [-0.05, 0) is 56.9 Å². The fourth-order valence-corrected chi connectivity index (χ4v) is 7.38. The van der Waals surface area contributed by atoms with Gasteiger partial charge in [0.25, 0.3) is 0 Å². The highest BCUT2D eigenvalue weighted by atomic mass is 15.1. The molecule has 0 aliphatic rings. The van der Waals surface area contributed by atoms with Gasteiger partial charge in [0, 0.05) is 27.5 Å². The Morgan fingerprint density at radius 1 is 0.333 bits per heavy atom. The summed E-state index contributed by atoms with van der Waals surface area (Å²) in [7, 11) is 0. The zero-order valence-electron chi connectivity index (χ0n) is 27.6. The fraction of sp³-hybridized carbons (Fsp3) is 0. The summed E-state index contributed by atoms with van der Waals surface area (Å²) in [4.78, 5) is 15.5. The Bertz CT molecular complexity index is 2890. The minimum Gasteiger partial charge on any atom is -0.308 e. The van der Waals surface area contributed by atoms with E-state index in [1.807, 2.05) is 24.3 Å². The average Bonchev–Trinajstić information content (AvgIpc) is 3.55. The Balaban J connectivity index is 1.26. The van der Waals surface area contributed by atoms with Crippen molar-refractivity contribution in [2.24, 2.45) is 0 Å². The van der Waals surface area contributed by atoms with Crippen LogP contribution in [0.4, 0.5) is 0 Å². The van der Waals surface area contributed by atoms with Crippen molar-refractivity contribution in [2.75, 3.05) is 0 Å². The average molecular weight is 651 g/mol. The Morgan fingerprint density at radius 2 is 0.843 bits per heavy atom. The maximum absolute atomic E-state index is 5.25. The van der Waals surface area contributed by atoms with Crippen LogP contribution in [-0.4, -0.2) is 19.5 Å². The van der Waals surface area contributed by atoms with Gasteiger partial charge in [-0.1, -0.05) is 158 Å². The van der Waals surface area contributed by atoms with Crippen molar-refractivity contribution >= 4 is 43.4 Å². The lowest BCUT2D eigenvalue weighted by molar-refractivity contribution is 1.07. The van der Waals surface area contributed by atoms with Gasteiger partial charge >= 0.3 is 0 Å². The molecule has 0 spiro atoms. The molecule has 0 atom stereocenters. The van der Waals surface area contributed by atoms with E-state index in [-0.39, 0.29) is 0 Å². The summed E-state index contributed by atoms with van der Waals surface area (Å²) in [6.07, 6.45) is 0. The molecule has 2 heterocycles. The standard InChI is InChI=1S/C47H30N4/c1-3-13-31(14-4-1)32-23-25-35(26-24-32)46-48-45(34-16-5-2-6-17-34)49-47(50-46)40-29-36-18-7-8-19-37(36)30-43(40)51-41-22-12-11-21-39(41)44-38-20-10-9-15-33(38)27-28-42(44)51/h1-30H. The van der Waals surface area contributed by atoms with Crippen LogP contribution in [0.2, 0.25) is 0 Å². The molecule has 0 bridgehead atoms. The topological polar surface area (TPSA) is 43.6 Å². The number of hydrogen-bond acceptors (Lipinski definition) is 3. The van der Waals surface area contributed by atoms with Crippen LogP contribution < -0.4 is 0 Å². The lowest BCUT2D eigenvalue weighted by Gasteiger charge is -2.16. The smallest absolute Gasteiger partial charge is 0.166 e. The Hall–Kier alpha value is -6.91. The molecule has 10 aromatic rings. The van der Waals surface area contributed by atoms with E-state index in [0.29, 0.717) is 17.5 Å². The molecule has 238 valence electrons. The van der Waals surface area contributed by atoms with E-state index in [0.717, 1.165) is 49.7 Å². The largest absolute Gasteiger partial charge is 0.308 e. The van der Waals surface area contributed by atoms with E-state index in [1.165, 1.54) is 27.1 Å². The summed E-state index contributed by atoms with van der Waals surface area (Å²) in [5.74, 6) is 1.89. The van der Waals surface area contributed by atoms with Gasteiger partial charge in [0.05, 0.1) is 16.7 Å². The molecule has 4 heteroatoms. The summed E-state index contributed by atoms with van der Waals surface area (Å²) in [6, 6.07) is 63.9. The summed E-state index contributed by atoms with van der Waals surface area (Å²) < 4.78 is 2.39. The normalized spacial score (nSPS) is 11.5. The van der Waals surface area contributed by atoms with Crippen molar-refractivity contribution in [3.05, 3.63) is 182 Å². The van der Waals surface area contributed by atoms with E-state index in [9.17, 15) is 0 Å². The molecule has 0 unspecified atom stereocenters. The summed E-state index contributed by atoms with van der Waals surface area (Å²) in [6.45, 7) is 0. The third-order valence-corrected chi connectivity index (χ3v) is 9.83. The number of nitrogens with zero attached hydrogens (tertiary/aromatic N) is 4. The molecule has 4 nitrogen and oxygen atoms in total. The number of benzene rings is 8. The number of para-hydroxylation sites is 1. The quantitative estimate of drug-likeness (QED) is 0.186. The van der Waals surface area contributed by atoms with E-state index in [1.54, 1.807) is 0 Å². The second-order valence-corrected chi connectivity index (χ2v) is 12.9. The van der Waals surface area contributed by atoms with Gasteiger partial charge in [-0.25, -0.2) is 15.0 Å². The van der Waals surface area contributed by atoms with Crippen LogP contribution in [0, 0.1) is 0 Å². The van der Waals surface area contributed by atoms with E-state index in [4.69, 9.17) is 15.0 Å². The van der Waals surface area contributed by atoms with Gasteiger partial charge in [0.1, 0.15) is 0 Å². The van der Waals surface area contributed by atoms with Crippen molar-refractivity contribution in [2.45, 2.75) is 0 Å². The van der Waals surface area contributed by atoms with Crippen LogP contribution in [0.15, 0.2) is 182 Å². The second kappa shape index (κ2) is 11.9. The first-order valence-electron chi connectivity index (χ1n) is 17.2. The minimum atomic E-state index is 0.624. The highest BCUT2D eigenvalue weighted by molar-refractivity contribution is 6.21. The van der Waals surface area contributed by atoms with Gasteiger partial charge in [-0.15, -0.1) is 0 Å². The van der Waals surface area contributed by atoms with Crippen molar-refractivity contribution in [3.8, 4) is 51.0 Å². The zero-order chi connectivity index (χ0) is 33.7. The minimum absolute atomic E-state index is 0.624. The van der Waals surface area contributed by atoms with Gasteiger partial charge in [-0.3, -0.25) is 0 Å². The molecule has 8 aromatic carbocycles. The third kappa shape index (κ3) is 4.96. The second-order valence-electron chi connectivity index (χ2n) is 12.9. The SMILES string of the molecule is c1ccc(-c2ccc(-c3nc(-c4ccccc4)nc(-c4cc5ccccc5cc4-n4c5ccccc5c5c6ccccc6ccc54)n3)cc2)cc1. The van der Waals surface area contributed by atoms with Crippen LogP contribution in [0.1, 0.15) is 0 Å². The zero-order valence-corrected chi connectivity index (χ0v) is 27.6.